The van der Waals surface area contributed by atoms with Crippen molar-refractivity contribution >= 4 is 11.9 Å². The Hall–Kier alpha value is -3.75. The van der Waals surface area contributed by atoms with Gasteiger partial charge in [0.1, 0.15) is 11.6 Å². The van der Waals surface area contributed by atoms with Crippen molar-refractivity contribution in [3.8, 4) is 5.75 Å². The number of nitrogens with zero attached hydrogens (tertiary/aromatic N) is 3. The van der Waals surface area contributed by atoms with Crippen LogP contribution in [0.5, 0.6) is 5.75 Å². The van der Waals surface area contributed by atoms with E-state index in [9.17, 15) is 19.1 Å². The van der Waals surface area contributed by atoms with Gasteiger partial charge in [0.15, 0.2) is 0 Å². The van der Waals surface area contributed by atoms with E-state index in [2.05, 4.69) is 23.6 Å². The average molecular weight is 562 g/mol. The van der Waals surface area contributed by atoms with E-state index < -0.39 is 18.1 Å². The van der Waals surface area contributed by atoms with E-state index in [0.717, 1.165) is 11.1 Å². The molecule has 1 saturated heterocycles. The fourth-order valence-electron chi connectivity index (χ4n) is 5.61. The Morgan fingerprint density at radius 2 is 1.56 bits per heavy atom. The minimum atomic E-state index is -1.18. The number of ether oxygens (including phenoxy) is 1. The van der Waals surface area contributed by atoms with Crippen LogP contribution in [-0.2, 0) is 11.3 Å². The van der Waals surface area contributed by atoms with Gasteiger partial charge < -0.3 is 14.7 Å². The molecule has 1 unspecified atom stereocenters. The van der Waals surface area contributed by atoms with E-state index in [0.29, 0.717) is 44.0 Å². The van der Waals surface area contributed by atoms with Crippen LogP contribution in [0.1, 0.15) is 55.2 Å². The Balaban J connectivity index is 1.65. The molecular weight excluding hydrogens is 521 g/mol. The predicted octanol–water partition coefficient (Wildman–Crippen LogP) is 5.48. The van der Waals surface area contributed by atoms with Gasteiger partial charge in [0.05, 0.1) is 6.04 Å². The van der Waals surface area contributed by atoms with Gasteiger partial charge in [-0.05, 0) is 75.2 Å². The number of aliphatic carboxylic acids is 1. The summed E-state index contributed by atoms with van der Waals surface area (Å²) in [5.41, 5.74) is 2.37. The Morgan fingerprint density at radius 1 is 0.927 bits per heavy atom. The quantitative estimate of drug-likeness (QED) is 0.335. The van der Waals surface area contributed by atoms with Gasteiger partial charge in [0.25, 0.3) is 5.91 Å². The maximum Gasteiger partial charge on any atom is 0.346 e. The van der Waals surface area contributed by atoms with E-state index in [-0.39, 0.29) is 23.8 Å². The van der Waals surface area contributed by atoms with Crippen LogP contribution in [0, 0.1) is 5.82 Å². The maximum atomic E-state index is 13.4. The number of para-hydroxylation sites is 1. The van der Waals surface area contributed by atoms with Crippen LogP contribution in [0.3, 0.4) is 0 Å². The fourth-order valence-corrected chi connectivity index (χ4v) is 5.61. The molecule has 0 spiro atoms. The highest BCUT2D eigenvalue weighted by atomic mass is 19.1. The summed E-state index contributed by atoms with van der Waals surface area (Å²) in [7, 11) is 0. The highest BCUT2D eigenvalue weighted by molar-refractivity contribution is 5.94. The number of benzene rings is 3. The number of hydrogen-bond acceptors (Lipinski definition) is 5. The first-order valence-corrected chi connectivity index (χ1v) is 14.3. The van der Waals surface area contributed by atoms with Crippen LogP contribution in [0.2, 0.25) is 0 Å². The average Bonchev–Trinajstić information content (AvgIpc) is 2.97. The zero-order valence-corrected chi connectivity index (χ0v) is 24.2. The molecule has 0 aromatic heterocycles. The van der Waals surface area contributed by atoms with Crippen LogP contribution < -0.4 is 4.74 Å². The molecule has 8 heteroatoms. The minimum absolute atomic E-state index is 0.00476. The van der Waals surface area contributed by atoms with Crippen molar-refractivity contribution in [2.24, 2.45) is 0 Å². The molecule has 0 radical (unpaired) electrons. The van der Waals surface area contributed by atoms with Gasteiger partial charge in [-0.3, -0.25) is 14.6 Å². The largest absolute Gasteiger partial charge is 0.478 e. The van der Waals surface area contributed by atoms with Gasteiger partial charge in [-0.15, -0.1) is 0 Å². The molecule has 3 aromatic carbocycles. The molecule has 1 heterocycles. The van der Waals surface area contributed by atoms with E-state index in [1.807, 2.05) is 44.2 Å². The molecule has 1 amide bonds. The molecule has 3 aromatic rings. The van der Waals surface area contributed by atoms with Gasteiger partial charge in [-0.2, -0.15) is 0 Å². The molecule has 1 aliphatic heterocycles. The third-order valence-corrected chi connectivity index (χ3v) is 7.91. The molecule has 0 aliphatic carbocycles. The maximum absolute atomic E-state index is 13.4. The predicted molar refractivity (Wildman–Crippen MR) is 157 cm³/mol. The molecule has 7 nitrogen and oxygen atoms in total. The van der Waals surface area contributed by atoms with E-state index in [4.69, 9.17) is 4.74 Å². The zero-order valence-electron chi connectivity index (χ0n) is 24.2. The topological polar surface area (TPSA) is 73.3 Å². The van der Waals surface area contributed by atoms with Crippen molar-refractivity contribution in [1.29, 1.82) is 0 Å². The lowest BCUT2D eigenvalue weighted by molar-refractivity contribution is -0.150. The third kappa shape index (κ3) is 7.31. The standard InChI is InChI=1S/C33H40FN3O4/c1-5-35(6-2)32(38)27-16-14-26(15-17-27)30(31(33(39)40)41-29-10-8-7-9-11-29)37-21-23(3)36(20-24(37)4)22-25-12-18-28(34)19-13-25/h7-19,23-24,30-31H,5-6,20-22H2,1-4H3,(H,39,40)/t23-,24+,30?,31-/m1/s1. The Morgan fingerprint density at radius 3 is 2.15 bits per heavy atom. The molecule has 0 saturated carbocycles. The van der Waals surface area contributed by atoms with Crippen LogP contribution in [0.15, 0.2) is 78.9 Å². The lowest BCUT2D eigenvalue weighted by Crippen LogP contribution is -2.59. The molecule has 1 N–H and O–H groups in total. The van der Waals surface area contributed by atoms with Gasteiger partial charge in [0, 0.05) is 50.4 Å². The molecule has 4 atom stereocenters. The van der Waals surface area contributed by atoms with Gasteiger partial charge >= 0.3 is 5.97 Å². The Kier molecular flexibility index (Phi) is 10.1. The number of hydrogen-bond donors (Lipinski definition) is 1. The molecule has 4 rings (SSSR count). The first-order valence-electron chi connectivity index (χ1n) is 14.3. The molecular formula is C33H40FN3O4. The number of halogens is 1. The number of carbonyl (C=O) groups excluding carboxylic acids is 1. The van der Waals surface area contributed by atoms with Crippen molar-refractivity contribution in [3.05, 3.63) is 101 Å². The minimum Gasteiger partial charge on any atom is -0.478 e. The normalized spacial score (nSPS) is 19.3. The SMILES string of the molecule is CCN(CC)C(=O)c1ccc(C([C@@H](Oc2ccccc2)C(=O)O)N2C[C@@H](C)N(Cc3ccc(F)cc3)C[C@@H]2C)cc1. The highest BCUT2D eigenvalue weighted by Crippen LogP contribution is 2.33. The fraction of sp³-hybridized carbons (Fsp3) is 0.394. The van der Waals surface area contributed by atoms with Crippen molar-refractivity contribution in [1.82, 2.24) is 14.7 Å². The first kappa shape index (κ1) is 30.2. The second-order valence-electron chi connectivity index (χ2n) is 10.7. The molecule has 218 valence electrons. The highest BCUT2D eigenvalue weighted by Gasteiger charge is 2.42. The summed E-state index contributed by atoms with van der Waals surface area (Å²) < 4.78 is 19.6. The molecule has 1 fully saturated rings. The summed E-state index contributed by atoms with van der Waals surface area (Å²) in [6, 6.07) is 22.3. The first-order chi connectivity index (χ1) is 19.7. The second-order valence-corrected chi connectivity index (χ2v) is 10.7. The Bertz CT molecular complexity index is 1280. The number of piperazine rings is 1. The number of carboxylic acid groups (broad SMARTS) is 1. The van der Waals surface area contributed by atoms with Gasteiger partial charge in [0.2, 0.25) is 6.10 Å². The van der Waals surface area contributed by atoms with E-state index in [1.165, 1.54) is 12.1 Å². The zero-order chi connectivity index (χ0) is 29.5. The van der Waals surface area contributed by atoms with Crippen LogP contribution in [-0.4, -0.2) is 76.0 Å². The molecule has 0 bridgehead atoms. The van der Waals surface area contributed by atoms with Gasteiger partial charge in [-0.25, -0.2) is 9.18 Å². The lowest BCUT2D eigenvalue weighted by atomic mass is 9.94. The lowest BCUT2D eigenvalue weighted by Gasteiger charge is -2.48. The summed E-state index contributed by atoms with van der Waals surface area (Å²) in [5, 5.41) is 10.4. The number of carbonyl (C=O) groups is 2. The van der Waals surface area contributed by atoms with E-state index >= 15 is 0 Å². The van der Waals surface area contributed by atoms with Crippen LogP contribution in [0.4, 0.5) is 4.39 Å². The number of amides is 1. The smallest absolute Gasteiger partial charge is 0.346 e. The van der Waals surface area contributed by atoms with Crippen LogP contribution >= 0.6 is 0 Å². The van der Waals surface area contributed by atoms with Crippen molar-refractivity contribution < 1.29 is 23.8 Å². The Labute approximate surface area is 242 Å². The van der Waals surface area contributed by atoms with Crippen molar-refractivity contribution in [2.45, 2.75) is 58.5 Å². The van der Waals surface area contributed by atoms with Crippen molar-refractivity contribution in [3.63, 3.8) is 0 Å². The molecule has 1 aliphatic rings. The summed E-state index contributed by atoms with van der Waals surface area (Å²) in [4.78, 5) is 32.0. The second kappa shape index (κ2) is 13.7. The van der Waals surface area contributed by atoms with Gasteiger partial charge in [-0.1, -0.05) is 42.5 Å². The number of rotatable bonds is 11. The van der Waals surface area contributed by atoms with E-state index in [1.54, 1.807) is 41.3 Å². The summed E-state index contributed by atoms with van der Waals surface area (Å²) >= 11 is 0. The third-order valence-electron chi connectivity index (χ3n) is 7.91. The monoisotopic (exact) mass is 561 g/mol. The molecule has 41 heavy (non-hydrogen) atoms. The summed E-state index contributed by atoms with van der Waals surface area (Å²) in [5.74, 6) is -0.889. The number of carboxylic acids is 1. The summed E-state index contributed by atoms with van der Waals surface area (Å²) in [6.45, 7) is 11.3. The summed E-state index contributed by atoms with van der Waals surface area (Å²) in [6.07, 6.45) is -1.18. The van der Waals surface area contributed by atoms with Crippen LogP contribution in [0.25, 0.3) is 0 Å². The van der Waals surface area contributed by atoms with Crippen molar-refractivity contribution in [2.75, 3.05) is 26.2 Å².